The maximum Gasteiger partial charge on any atom is 0.265 e. The molecule has 5 rings (SSSR count). The molecule has 0 aliphatic carbocycles. The van der Waals surface area contributed by atoms with Crippen LogP contribution < -0.4 is 4.90 Å². The molecule has 2 aliphatic heterocycles. The lowest BCUT2D eigenvalue weighted by atomic mass is 9.91. The molecule has 3 aromatic carbocycles. The first-order valence-electron chi connectivity index (χ1n) is 10.6. The van der Waals surface area contributed by atoms with Crippen LogP contribution in [0.4, 0.5) is 5.69 Å². The highest BCUT2D eigenvalue weighted by Gasteiger charge is 2.59. The molecule has 2 amide bonds. The summed E-state index contributed by atoms with van der Waals surface area (Å²) in [6.07, 6.45) is -0.810. The Hall–Kier alpha value is -3.61. The van der Waals surface area contributed by atoms with Gasteiger partial charge in [-0.1, -0.05) is 72.8 Å². The average Bonchev–Trinajstić information content (AvgIpc) is 3.28. The van der Waals surface area contributed by atoms with Crippen LogP contribution in [0.3, 0.4) is 0 Å². The van der Waals surface area contributed by atoms with E-state index in [4.69, 9.17) is 4.84 Å². The zero-order valence-electron chi connectivity index (χ0n) is 17.5. The predicted octanol–water partition coefficient (Wildman–Crippen LogP) is 3.73. The SMILES string of the molecule is CN1O[C@@H]2C(=O)N(c3ccccc3)C(=O)[C@H]2[C@H]1CC(=O)c1ccc(-c2ccccc2)cc1. The Morgan fingerprint density at radius 2 is 1.41 bits per heavy atom. The van der Waals surface area contributed by atoms with E-state index in [1.54, 1.807) is 43.4 Å². The molecule has 0 N–H and O–H groups in total. The second-order valence-electron chi connectivity index (χ2n) is 8.08. The van der Waals surface area contributed by atoms with Gasteiger partial charge >= 0.3 is 0 Å². The van der Waals surface area contributed by atoms with Crippen LogP contribution in [0.5, 0.6) is 0 Å². The van der Waals surface area contributed by atoms with Crippen molar-refractivity contribution in [2.45, 2.75) is 18.6 Å². The summed E-state index contributed by atoms with van der Waals surface area (Å²) >= 11 is 0. The van der Waals surface area contributed by atoms with E-state index in [2.05, 4.69) is 0 Å². The third-order valence-corrected chi connectivity index (χ3v) is 6.18. The minimum Gasteiger partial charge on any atom is -0.294 e. The first-order valence-corrected chi connectivity index (χ1v) is 10.6. The largest absolute Gasteiger partial charge is 0.294 e. The summed E-state index contributed by atoms with van der Waals surface area (Å²) in [5, 5.41) is 1.49. The Labute approximate surface area is 186 Å². The summed E-state index contributed by atoms with van der Waals surface area (Å²) in [4.78, 5) is 46.0. The fourth-order valence-corrected chi connectivity index (χ4v) is 4.50. The van der Waals surface area contributed by atoms with Gasteiger partial charge in [-0.2, -0.15) is 5.06 Å². The standard InChI is InChI=1S/C26H22N2O4/c1-27-21(16-22(29)19-14-12-18(13-15-19)17-8-4-2-5-9-17)23-24(32-27)26(31)28(25(23)30)20-10-6-3-7-11-20/h2-15,21,23-24H,16H2,1H3/t21-,23+,24+/m1/s1. The zero-order valence-corrected chi connectivity index (χ0v) is 17.5. The van der Waals surface area contributed by atoms with Crippen molar-refractivity contribution in [3.8, 4) is 11.1 Å². The van der Waals surface area contributed by atoms with E-state index in [1.807, 2.05) is 48.5 Å². The molecule has 2 heterocycles. The van der Waals surface area contributed by atoms with Crippen LogP contribution in [0.1, 0.15) is 16.8 Å². The van der Waals surface area contributed by atoms with Gasteiger partial charge in [0, 0.05) is 19.0 Å². The number of anilines is 1. The van der Waals surface area contributed by atoms with Crippen molar-refractivity contribution in [2.75, 3.05) is 11.9 Å². The van der Waals surface area contributed by atoms with E-state index in [-0.39, 0.29) is 24.0 Å². The number of hydroxylamine groups is 2. The van der Waals surface area contributed by atoms with Crippen LogP contribution >= 0.6 is 0 Å². The number of hydrogen-bond donors (Lipinski definition) is 0. The van der Waals surface area contributed by atoms with Crippen molar-refractivity contribution in [3.05, 3.63) is 90.5 Å². The van der Waals surface area contributed by atoms with Crippen LogP contribution in [0.2, 0.25) is 0 Å². The number of carbonyl (C=O) groups excluding carboxylic acids is 3. The Morgan fingerprint density at radius 1 is 0.812 bits per heavy atom. The smallest absolute Gasteiger partial charge is 0.265 e. The lowest BCUT2D eigenvalue weighted by Gasteiger charge is -2.23. The minimum atomic E-state index is -0.897. The lowest BCUT2D eigenvalue weighted by molar-refractivity contribution is -0.159. The molecule has 3 aromatic rings. The van der Waals surface area contributed by atoms with Crippen LogP contribution in [0.25, 0.3) is 11.1 Å². The Kier molecular flexibility index (Phi) is 5.17. The van der Waals surface area contributed by atoms with Gasteiger partial charge in [0.15, 0.2) is 11.9 Å². The maximum atomic E-state index is 13.2. The molecule has 2 fully saturated rings. The summed E-state index contributed by atoms with van der Waals surface area (Å²) in [6.45, 7) is 0. The van der Waals surface area contributed by atoms with Crippen molar-refractivity contribution in [3.63, 3.8) is 0 Å². The van der Waals surface area contributed by atoms with Crippen molar-refractivity contribution in [2.24, 2.45) is 5.92 Å². The van der Waals surface area contributed by atoms with Crippen LogP contribution in [0.15, 0.2) is 84.9 Å². The Balaban J connectivity index is 1.34. The molecule has 6 nitrogen and oxygen atoms in total. The number of ketones is 1. The highest BCUT2D eigenvalue weighted by Crippen LogP contribution is 2.39. The molecule has 0 spiro atoms. The van der Waals surface area contributed by atoms with E-state index >= 15 is 0 Å². The van der Waals surface area contributed by atoms with E-state index in [0.717, 1.165) is 11.1 Å². The lowest BCUT2D eigenvalue weighted by Crippen LogP contribution is -2.40. The molecule has 0 bridgehead atoms. The molecule has 3 atom stereocenters. The highest BCUT2D eigenvalue weighted by molar-refractivity contribution is 6.23. The third-order valence-electron chi connectivity index (χ3n) is 6.18. The molecule has 6 heteroatoms. The Morgan fingerprint density at radius 3 is 2.06 bits per heavy atom. The van der Waals surface area contributed by atoms with Crippen molar-refractivity contribution in [1.82, 2.24) is 5.06 Å². The molecule has 0 unspecified atom stereocenters. The number of nitrogens with zero attached hydrogens (tertiary/aromatic N) is 2. The number of rotatable bonds is 5. The summed E-state index contributed by atoms with van der Waals surface area (Å²) in [5.74, 6) is -1.52. The van der Waals surface area contributed by atoms with Gasteiger partial charge in [-0.05, 0) is 23.3 Å². The van der Waals surface area contributed by atoms with E-state index in [1.165, 1.54) is 9.96 Å². The highest BCUT2D eigenvalue weighted by atomic mass is 16.7. The molecule has 0 radical (unpaired) electrons. The summed E-state index contributed by atoms with van der Waals surface area (Å²) < 4.78 is 0. The number of benzene rings is 3. The van der Waals surface area contributed by atoms with Crippen molar-refractivity contribution in [1.29, 1.82) is 0 Å². The second-order valence-corrected chi connectivity index (χ2v) is 8.08. The number of fused-ring (bicyclic) bond motifs is 1. The van der Waals surface area contributed by atoms with Crippen molar-refractivity contribution < 1.29 is 19.2 Å². The average molecular weight is 426 g/mol. The quantitative estimate of drug-likeness (QED) is 0.459. The van der Waals surface area contributed by atoms with Crippen molar-refractivity contribution >= 4 is 23.3 Å². The number of para-hydroxylation sites is 1. The van der Waals surface area contributed by atoms with E-state index < -0.39 is 18.1 Å². The van der Waals surface area contributed by atoms with Crippen LogP contribution in [-0.2, 0) is 14.4 Å². The van der Waals surface area contributed by atoms with Gasteiger partial charge in [0.25, 0.3) is 5.91 Å². The molecule has 0 aromatic heterocycles. The fourth-order valence-electron chi connectivity index (χ4n) is 4.50. The molecule has 32 heavy (non-hydrogen) atoms. The third kappa shape index (κ3) is 3.43. The Bertz CT molecular complexity index is 1160. The number of Topliss-reactive ketones (excluding diaryl/α,β-unsaturated/α-hetero) is 1. The second kappa shape index (κ2) is 8.15. The summed E-state index contributed by atoms with van der Waals surface area (Å²) in [7, 11) is 1.67. The van der Waals surface area contributed by atoms with Crippen LogP contribution in [0, 0.1) is 5.92 Å². The fraction of sp³-hybridized carbons (Fsp3) is 0.192. The van der Waals surface area contributed by atoms with Crippen LogP contribution in [-0.4, -0.2) is 41.9 Å². The maximum absolute atomic E-state index is 13.2. The number of amides is 2. The zero-order chi connectivity index (χ0) is 22.2. The molecular formula is C26H22N2O4. The molecule has 2 aliphatic rings. The molecular weight excluding hydrogens is 404 g/mol. The number of imide groups is 1. The van der Waals surface area contributed by atoms with Gasteiger partial charge in [0.2, 0.25) is 5.91 Å². The monoisotopic (exact) mass is 426 g/mol. The molecule has 160 valence electrons. The van der Waals surface area contributed by atoms with Gasteiger partial charge in [0.05, 0.1) is 17.6 Å². The first-order chi connectivity index (χ1) is 15.5. The number of hydrogen-bond acceptors (Lipinski definition) is 5. The summed E-state index contributed by atoms with van der Waals surface area (Å²) in [6, 6.07) is 25.7. The predicted molar refractivity (Wildman–Crippen MR) is 120 cm³/mol. The topological polar surface area (TPSA) is 66.9 Å². The van der Waals surface area contributed by atoms with E-state index in [9.17, 15) is 14.4 Å². The first kappa shape index (κ1) is 20.3. The molecule has 0 saturated carbocycles. The number of carbonyl (C=O) groups is 3. The summed E-state index contributed by atoms with van der Waals surface area (Å²) in [5.41, 5.74) is 3.19. The minimum absolute atomic E-state index is 0.0873. The van der Waals surface area contributed by atoms with Gasteiger partial charge in [0.1, 0.15) is 0 Å². The normalized spacial score (nSPS) is 22.9. The van der Waals surface area contributed by atoms with Gasteiger partial charge in [-0.15, -0.1) is 0 Å². The van der Waals surface area contributed by atoms with Gasteiger partial charge in [-0.3, -0.25) is 19.2 Å². The van der Waals surface area contributed by atoms with E-state index in [0.29, 0.717) is 11.3 Å². The van der Waals surface area contributed by atoms with Gasteiger partial charge < -0.3 is 0 Å². The molecule has 2 saturated heterocycles. The van der Waals surface area contributed by atoms with Gasteiger partial charge in [-0.25, -0.2) is 4.90 Å².